The third kappa shape index (κ3) is 12.1. The van der Waals surface area contributed by atoms with E-state index in [1.165, 1.54) is 11.2 Å². The average Bonchev–Trinajstić information content (AvgIpc) is 3.33. The predicted octanol–water partition coefficient (Wildman–Crippen LogP) is 4.17. The summed E-state index contributed by atoms with van der Waals surface area (Å²) in [4.78, 5) is 47.9. The van der Waals surface area contributed by atoms with Crippen molar-refractivity contribution in [2.45, 2.75) is 130 Å². The number of ether oxygens (including phenoxy) is 4. The van der Waals surface area contributed by atoms with Gasteiger partial charge in [0, 0.05) is 19.2 Å². The lowest BCUT2D eigenvalue weighted by Gasteiger charge is -2.29. The van der Waals surface area contributed by atoms with Crippen LogP contribution in [0.5, 0.6) is 0 Å². The first-order chi connectivity index (χ1) is 17.0. The summed E-state index contributed by atoms with van der Waals surface area (Å²) in [5.41, 5.74) is 0.457. The Bertz CT molecular complexity index is 821. The molecule has 2 atom stereocenters. The van der Waals surface area contributed by atoms with E-state index >= 15 is 0 Å². The minimum Gasteiger partial charge on any atom is -0.458 e. The lowest BCUT2D eigenvalue weighted by atomic mass is 10.1. The molecular formula is C26H46N4O8. The highest BCUT2D eigenvalue weighted by Gasteiger charge is 2.40. The number of hydrazone groups is 1. The molecule has 38 heavy (non-hydrogen) atoms. The van der Waals surface area contributed by atoms with Gasteiger partial charge < -0.3 is 18.9 Å². The fourth-order valence-electron chi connectivity index (χ4n) is 3.12. The molecule has 2 amide bonds. The molecule has 0 aromatic rings. The first-order valence-corrected chi connectivity index (χ1v) is 12.8. The van der Waals surface area contributed by atoms with E-state index in [1.54, 1.807) is 83.1 Å². The number of hydrogen-bond donors (Lipinski definition) is 1. The summed E-state index contributed by atoms with van der Waals surface area (Å²) < 4.78 is 21.0. The average molecular weight is 543 g/mol. The standard InChI is InChI=1S/C13H24N2O4.C13H22N2O4/c2*1-12(2,3)18-10(16)9-7-8-14-15(9)11(17)19-13(4,5)6/h9,14H,7-8H2,1-6H3;8-9H,7H2,1-6H3. The fraction of sp³-hybridized carbons (Fsp3) is 0.808. The van der Waals surface area contributed by atoms with E-state index in [1.807, 2.05) is 0 Å². The molecule has 1 N–H and O–H groups in total. The number of nitrogens with one attached hydrogen (secondary N) is 1. The second-order valence-corrected chi connectivity index (χ2v) is 13.0. The Kier molecular flexibility index (Phi) is 10.7. The zero-order valence-corrected chi connectivity index (χ0v) is 25.0. The Morgan fingerprint density at radius 1 is 0.684 bits per heavy atom. The number of carbonyl (C=O) groups is 4. The van der Waals surface area contributed by atoms with Crippen molar-refractivity contribution < 1.29 is 38.1 Å². The molecule has 2 rings (SSSR count). The lowest BCUT2D eigenvalue weighted by molar-refractivity contribution is -0.161. The maximum Gasteiger partial charge on any atom is 0.431 e. The number of rotatable bonds is 2. The van der Waals surface area contributed by atoms with Crippen molar-refractivity contribution in [3.05, 3.63) is 0 Å². The molecule has 0 saturated carbocycles. The van der Waals surface area contributed by atoms with Crippen molar-refractivity contribution in [1.82, 2.24) is 15.4 Å². The van der Waals surface area contributed by atoms with Crippen molar-refractivity contribution in [1.29, 1.82) is 0 Å². The fourth-order valence-corrected chi connectivity index (χ4v) is 3.12. The molecule has 0 spiro atoms. The van der Waals surface area contributed by atoms with Crippen LogP contribution in [0.4, 0.5) is 9.59 Å². The first-order valence-electron chi connectivity index (χ1n) is 12.8. The lowest BCUT2D eigenvalue weighted by Crippen LogP contribution is -2.49. The van der Waals surface area contributed by atoms with Crippen LogP contribution in [0.25, 0.3) is 0 Å². The molecule has 2 aliphatic rings. The van der Waals surface area contributed by atoms with E-state index in [0.29, 0.717) is 19.4 Å². The van der Waals surface area contributed by atoms with Gasteiger partial charge in [0.15, 0.2) is 12.1 Å². The van der Waals surface area contributed by atoms with Crippen molar-refractivity contribution in [2.24, 2.45) is 5.10 Å². The summed E-state index contributed by atoms with van der Waals surface area (Å²) in [5, 5.41) is 6.15. The summed E-state index contributed by atoms with van der Waals surface area (Å²) >= 11 is 0. The zero-order chi connectivity index (χ0) is 29.7. The van der Waals surface area contributed by atoms with E-state index in [-0.39, 0.29) is 0 Å². The van der Waals surface area contributed by atoms with Crippen LogP contribution in [0.15, 0.2) is 5.10 Å². The van der Waals surface area contributed by atoms with E-state index < -0.39 is 58.6 Å². The second-order valence-electron chi connectivity index (χ2n) is 13.0. The third-order valence-corrected chi connectivity index (χ3v) is 4.37. The third-order valence-electron chi connectivity index (χ3n) is 4.37. The van der Waals surface area contributed by atoms with Gasteiger partial charge in [-0.3, -0.25) is 0 Å². The topological polar surface area (TPSA) is 136 Å². The summed E-state index contributed by atoms with van der Waals surface area (Å²) in [5.74, 6) is -0.890. The Labute approximate surface area is 226 Å². The van der Waals surface area contributed by atoms with Gasteiger partial charge in [-0.05, 0) is 89.5 Å². The van der Waals surface area contributed by atoms with Crippen LogP contribution in [0.3, 0.4) is 0 Å². The highest BCUT2D eigenvalue weighted by molar-refractivity contribution is 5.87. The van der Waals surface area contributed by atoms with Crippen LogP contribution in [0.1, 0.15) is 95.9 Å². The highest BCUT2D eigenvalue weighted by atomic mass is 16.6. The van der Waals surface area contributed by atoms with Crippen LogP contribution >= 0.6 is 0 Å². The monoisotopic (exact) mass is 542 g/mol. The van der Waals surface area contributed by atoms with Gasteiger partial charge in [-0.1, -0.05) is 0 Å². The number of hydrazine groups is 1. The molecule has 2 heterocycles. The normalized spacial score (nSPS) is 19.9. The first kappa shape index (κ1) is 33.1. The van der Waals surface area contributed by atoms with Crippen molar-refractivity contribution >= 4 is 30.3 Å². The number of amides is 2. The smallest absolute Gasteiger partial charge is 0.431 e. The molecule has 1 saturated heterocycles. The molecule has 12 heteroatoms. The van der Waals surface area contributed by atoms with Gasteiger partial charge in [0.2, 0.25) is 0 Å². The molecule has 0 bridgehead atoms. The Morgan fingerprint density at radius 2 is 1.11 bits per heavy atom. The van der Waals surface area contributed by atoms with Gasteiger partial charge in [-0.15, -0.1) is 0 Å². The molecule has 1 fully saturated rings. The van der Waals surface area contributed by atoms with E-state index in [0.717, 1.165) is 5.01 Å². The van der Waals surface area contributed by atoms with Gasteiger partial charge in [0.25, 0.3) is 0 Å². The Hall–Kier alpha value is -2.89. The second kappa shape index (κ2) is 12.3. The van der Waals surface area contributed by atoms with E-state index in [2.05, 4.69) is 10.5 Å². The molecule has 2 unspecified atom stereocenters. The summed E-state index contributed by atoms with van der Waals surface area (Å²) in [6, 6.07) is -1.37. The Morgan fingerprint density at radius 3 is 1.55 bits per heavy atom. The molecule has 0 aliphatic carbocycles. The molecule has 2 aliphatic heterocycles. The SMILES string of the molecule is CC(C)(C)OC(=O)C1CC=NN1C(=O)OC(C)(C)C.CC(C)(C)OC(=O)C1CCNN1C(=O)OC(C)(C)C. The number of carbonyl (C=O) groups excluding carboxylic acids is 4. The zero-order valence-electron chi connectivity index (χ0n) is 25.0. The van der Waals surface area contributed by atoms with Gasteiger partial charge in [0.05, 0.1) is 0 Å². The number of nitrogens with zero attached hydrogens (tertiary/aromatic N) is 3. The number of hydrogen-bond acceptors (Lipinski definition) is 10. The summed E-state index contributed by atoms with van der Waals surface area (Å²) in [7, 11) is 0. The maximum absolute atomic E-state index is 12.0. The van der Waals surface area contributed by atoms with Gasteiger partial charge in [-0.2, -0.15) is 10.1 Å². The minimum absolute atomic E-state index is 0.341. The minimum atomic E-state index is -0.742. The van der Waals surface area contributed by atoms with Crippen LogP contribution in [0, 0.1) is 0 Å². The molecule has 12 nitrogen and oxygen atoms in total. The van der Waals surface area contributed by atoms with Crippen LogP contribution in [-0.4, -0.2) is 81.4 Å². The van der Waals surface area contributed by atoms with Gasteiger partial charge >= 0.3 is 24.1 Å². The molecular weight excluding hydrogens is 496 g/mol. The molecule has 218 valence electrons. The maximum atomic E-state index is 12.0. The summed E-state index contributed by atoms with van der Waals surface area (Å²) in [6.45, 7) is 21.9. The molecule has 0 aromatic carbocycles. The molecule has 0 aromatic heterocycles. The van der Waals surface area contributed by atoms with Crippen LogP contribution < -0.4 is 5.43 Å². The number of esters is 2. The van der Waals surface area contributed by atoms with Crippen LogP contribution in [-0.2, 0) is 28.5 Å². The van der Waals surface area contributed by atoms with E-state index in [4.69, 9.17) is 18.9 Å². The van der Waals surface area contributed by atoms with Gasteiger partial charge in [-0.25, -0.2) is 29.6 Å². The van der Waals surface area contributed by atoms with E-state index in [9.17, 15) is 19.2 Å². The van der Waals surface area contributed by atoms with Gasteiger partial charge in [0.1, 0.15) is 22.4 Å². The summed E-state index contributed by atoms with van der Waals surface area (Å²) in [6.07, 6.45) is 1.18. The van der Waals surface area contributed by atoms with Crippen molar-refractivity contribution in [3.63, 3.8) is 0 Å². The largest absolute Gasteiger partial charge is 0.458 e. The molecule has 0 radical (unpaired) electrons. The van der Waals surface area contributed by atoms with Crippen LogP contribution in [0.2, 0.25) is 0 Å². The van der Waals surface area contributed by atoms with Crippen molar-refractivity contribution in [3.8, 4) is 0 Å². The quantitative estimate of drug-likeness (QED) is 0.403. The highest BCUT2D eigenvalue weighted by Crippen LogP contribution is 2.21. The van der Waals surface area contributed by atoms with Crippen molar-refractivity contribution in [2.75, 3.05) is 6.54 Å². The predicted molar refractivity (Wildman–Crippen MR) is 141 cm³/mol. The Balaban J connectivity index is 0.000000380.